The summed E-state index contributed by atoms with van der Waals surface area (Å²) in [6.07, 6.45) is -1.42. The zero-order valence-corrected chi connectivity index (χ0v) is 17.3. The Morgan fingerprint density at radius 1 is 1.16 bits per heavy atom. The zero-order chi connectivity index (χ0) is 23.1. The number of hydrogen-bond donors (Lipinski definition) is 2. The SMILES string of the molecule is CC(C)(O)c1ccc(-c2cnc3c(n2)N(Cc2cccc(C(F)(F)F)c2)C(=O)CN3)cn1.[HH].[HH]. The van der Waals surface area contributed by atoms with Gasteiger partial charge in [0.15, 0.2) is 11.6 Å². The molecule has 7 nitrogen and oxygen atoms in total. The number of amides is 1. The van der Waals surface area contributed by atoms with Crippen LogP contribution in [-0.2, 0) is 23.1 Å². The molecule has 4 rings (SSSR count). The molecule has 1 aromatic carbocycles. The minimum atomic E-state index is -4.48. The van der Waals surface area contributed by atoms with Crippen LogP contribution >= 0.6 is 0 Å². The van der Waals surface area contributed by atoms with Crippen LogP contribution in [0.15, 0.2) is 48.8 Å². The Kier molecular flexibility index (Phi) is 5.33. The molecule has 0 radical (unpaired) electrons. The summed E-state index contributed by atoms with van der Waals surface area (Å²) in [7, 11) is 0. The third-order valence-electron chi connectivity index (χ3n) is 5.00. The van der Waals surface area contributed by atoms with E-state index in [-0.39, 0.29) is 27.7 Å². The van der Waals surface area contributed by atoms with Crippen molar-refractivity contribution >= 4 is 17.5 Å². The number of rotatable bonds is 4. The third-order valence-corrected chi connectivity index (χ3v) is 5.00. The fourth-order valence-corrected chi connectivity index (χ4v) is 3.30. The van der Waals surface area contributed by atoms with Crippen LogP contribution in [-0.4, -0.2) is 32.5 Å². The zero-order valence-electron chi connectivity index (χ0n) is 17.3. The molecular formula is C22H24F3N5O2. The van der Waals surface area contributed by atoms with Crippen LogP contribution in [0.2, 0.25) is 0 Å². The maximum Gasteiger partial charge on any atom is 0.416 e. The van der Waals surface area contributed by atoms with E-state index in [1.165, 1.54) is 23.2 Å². The molecule has 0 saturated heterocycles. The highest BCUT2D eigenvalue weighted by Gasteiger charge is 2.32. The Labute approximate surface area is 184 Å². The summed E-state index contributed by atoms with van der Waals surface area (Å²) >= 11 is 0. The van der Waals surface area contributed by atoms with E-state index in [1.54, 1.807) is 32.2 Å². The Morgan fingerprint density at radius 2 is 1.94 bits per heavy atom. The molecule has 0 saturated carbocycles. The van der Waals surface area contributed by atoms with Gasteiger partial charge in [0.2, 0.25) is 5.91 Å². The Morgan fingerprint density at radius 3 is 2.59 bits per heavy atom. The summed E-state index contributed by atoms with van der Waals surface area (Å²) in [6.45, 7) is 3.13. The van der Waals surface area contributed by atoms with Crippen molar-refractivity contribution in [1.82, 2.24) is 15.0 Å². The predicted molar refractivity (Wildman–Crippen MR) is 116 cm³/mol. The van der Waals surface area contributed by atoms with Crippen molar-refractivity contribution in [2.75, 3.05) is 16.8 Å². The first kappa shape index (κ1) is 21.7. The Hall–Kier alpha value is -3.53. The third kappa shape index (κ3) is 4.40. The van der Waals surface area contributed by atoms with E-state index in [0.29, 0.717) is 28.3 Å². The number of aromatic nitrogens is 3. The highest BCUT2D eigenvalue weighted by atomic mass is 19.4. The molecule has 1 amide bonds. The molecule has 0 atom stereocenters. The average Bonchev–Trinajstić information content (AvgIpc) is 2.74. The van der Waals surface area contributed by atoms with Crippen LogP contribution in [0.5, 0.6) is 0 Å². The number of nitrogens with zero attached hydrogens (tertiary/aromatic N) is 4. The number of nitrogens with one attached hydrogen (secondary N) is 1. The molecular weight excluding hydrogens is 423 g/mol. The van der Waals surface area contributed by atoms with Crippen molar-refractivity contribution in [2.24, 2.45) is 0 Å². The number of alkyl halides is 3. The molecule has 3 heterocycles. The van der Waals surface area contributed by atoms with E-state index in [9.17, 15) is 23.1 Å². The van der Waals surface area contributed by atoms with Crippen molar-refractivity contribution < 1.29 is 25.9 Å². The fraction of sp³-hybridized carbons (Fsp3) is 0.273. The van der Waals surface area contributed by atoms with Gasteiger partial charge < -0.3 is 10.4 Å². The van der Waals surface area contributed by atoms with Crippen LogP contribution in [0.4, 0.5) is 24.8 Å². The van der Waals surface area contributed by atoms with Gasteiger partial charge in [-0.1, -0.05) is 12.1 Å². The normalized spacial score (nSPS) is 14.2. The van der Waals surface area contributed by atoms with Gasteiger partial charge in [-0.2, -0.15) is 13.2 Å². The minimum absolute atomic E-state index is 0. The molecule has 1 aliphatic heterocycles. The van der Waals surface area contributed by atoms with Crippen LogP contribution in [0.1, 0.15) is 33.5 Å². The number of halogens is 3. The second-order valence-corrected chi connectivity index (χ2v) is 7.95. The van der Waals surface area contributed by atoms with E-state index >= 15 is 0 Å². The van der Waals surface area contributed by atoms with Gasteiger partial charge in [0, 0.05) is 14.6 Å². The van der Waals surface area contributed by atoms with Gasteiger partial charge >= 0.3 is 6.18 Å². The van der Waals surface area contributed by atoms with E-state index in [2.05, 4.69) is 20.3 Å². The highest BCUT2D eigenvalue weighted by molar-refractivity contribution is 6.00. The van der Waals surface area contributed by atoms with E-state index < -0.39 is 17.3 Å². The van der Waals surface area contributed by atoms with Crippen molar-refractivity contribution in [3.8, 4) is 11.3 Å². The molecule has 2 N–H and O–H groups in total. The highest BCUT2D eigenvalue weighted by Crippen LogP contribution is 2.32. The number of anilines is 2. The Balaban J connectivity index is 0.00000204. The molecule has 170 valence electrons. The van der Waals surface area contributed by atoms with Gasteiger partial charge in [-0.15, -0.1) is 0 Å². The number of carbonyl (C=O) groups is 1. The maximum absolute atomic E-state index is 13.1. The van der Waals surface area contributed by atoms with Gasteiger partial charge in [-0.3, -0.25) is 14.7 Å². The number of fused-ring (bicyclic) bond motifs is 1. The maximum atomic E-state index is 13.1. The topological polar surface area (TPSA) is 91.2 Å². The average molecular weight is 447 g/mol. The number of pyridine rings is 1. The Bertz CT molecular complexity index is 1170. The lowest BCUT2D eigenvalue weighted by Crippen LogP contribution is -2.40. The van der Waals surface area contributed by atoms with Crippen molar-refractivity contribution in [2.45, 2.75) is 32.2 Å². The summed E-state index contributed by atoms with van der Waals surface area (Å²) in [6, 6.07) is 8.24. The molecule has 2 aromatic heterocycles. The molecule has 3 aromatic rings. The second-order valence-electron chi connectivity index (χ2n) is 7.95. The van der Waals surface area contributed by atoms with E-state index in [0.717, 1.165) is 12.1 Å². The molecule has 0 aliphatic carbocycles. The van der Waals surface area contributed by atoms with Crippen molar-refractivity contribution in [3.63, 3.8) is 0 Å². The van der Waals surface area contributed by atoms with Gasteiger partial charge in [-0.05, 0) is 43.7 Å². The monoisotopic (exact) mass is 447 g/mol. The number of hydrogen-bond acceptors (Lipinski definition) is 6. The first-order valence-electron chi connectivity index (χ1n) is 9.79. The molecule has 1 aliphatic rings. The second kappa shape index (κ2) is 7.86. The van der Waals surface area contributed by atoms with Crippen molar-refractivity contribution in [3.05, 3.63) is 65.6 Å². The van der Waals surface area contributed by atoms with Crippen LogP contribution in [0.25, 0.3) is 11.3 Å². The number of aliphatic hydroxyl groups is 1. The van der Waals surface area contributed by atoms with Crippen LogP contribution in [0, 0.1) is 0 Å². The lowest BCUT2D eigenvalue weighted by atomic mass is 10.0. The molecule has 32 heavy (non-hydrogen) atoms. The predicted octanol–water partition coefficient (Wildman–Crippen LogP) is 4.24. The largest absolute Gasteiger partial charge is 0.416 e. The summed E-state index contributed by atoms with van der Waals surface area (Å²) in [5.41, 5.74) is -0.0253. The van der Waals surface area contributed by atoms with E-state index in [1.807, 2.05) is 0 Å². The molecule has 0 bridgehead atoms. The number of carbonyl (C=O) groups excluding carboxylic acids is 1. The molecule has 10 heteroatoms. The van der Waals surface area contributed by atoms with Gasteiger partial charge in [-0.25, -0.2) is 9.97 Å². The van der Waals surface area contributed by atoms with Gasteiger partial charge in [0.05, 0.1) is 36.2 Å². The molecule has 0 unspecified atom stereocenters. The summed E-state index contributed by atoms with van der Waals surface area (Å²) in [5, 5.41) is 12.9. The van der Waals surface area contributed by atoms with E-state index in [4.69, 9.17) is 0 Å². The first-order valence-corrected chi connectivity index (χ1v) is 9.79. The quantitative estimate of drug-likeness (QED) is 0.622. The van der Waals surface area contributed by atoms with Gasteiger partial charge in [0.25, 0.3) is 0 Å². The van der Waals surface area contributed by atoms with Gasteiger partial charge in [0.1, 0.15) is 5.60 Å². The first-order chi connectivity index (χ1) is 15.0. The smallest absolute Gasteiger partial charge is 0.384 e. The standard InChI is InChI=1S/C22H20F3N5O2.2H2/c1-21(2,32)17-7-6-14(9-26-17)16-10-27-19-20(29-16)30(18(31)11-28-19)12-13-4-3-5-15(8-13)22(23,24)25;;/h3-10,32H,11-12H2,1-2H3,(H,27,28);2*1H. The summed E-state index contributed by atoms with van der Waals surface area (Å²) < 4.78 is 39.2. The van der Waals surface area contributed by atoms with Crippen LogP contribution < -0.4 is 10.2 Å². The molecule has 0 fully saturated rings. The lowest BCUT2D eigenvalue weighted by Gasteiger charge is -2.28. The number of benzene rings is 1. The minimum Gasteiger partial charge on any atom is -0.384 e. The summed E-state index contributed by atoms with van der Waals surface area (Å²) in [4.78, 5) is 27.0. The summed E-state index contributed by atoms with van der Waals surface area (Å²) in [5.74, 6) is 0.251. The van der Waals surface area contributed by atoms with Crippen molar-refractivity contribution in [1.29, 1.82) is 0 Å². The fourth-order valence-electron chi connectivity index (χ4n) is 3.30. The van der Waals surface area contributed by atoms with Crippen LogP contribution in [0.3, 0.4) is 0 Å². The lowest BCUT2D eigenvalue weighted by molar-refractivity contribution is -0.137. The molecule has 0 spiro atoms.